The highest BCUT2D eigenvalue weighted by atomic mass is 16.6. The Balaban J connectivity index is 2.21. The van der Waals surface area contributed by atoms with Crippen LogP contribution in [0.3, 0.4) is 0 Å². The van der Waals surface area contributed by atoms with Crippen molar-refractivity contribution in [1.29, 1.82) is 0 Å². The minimum Gasteiger partial charge on any atom is -0.493 e. The second-order valence-electron chi connectivity index (χ2n) is 5.74. The molecule has 0 spiro atoms. The van der Waals surface area contributed by atoms with Gasteiger partial charge in [-0.2, -0.15) is 0 Å². The summed E-state index contributed by atoms with van der Waals surface area (Å²) in [6, 6.07) is 6.19. The van der Waals surface area contributed by atoms with E-state index < -0.39 is 4.92 Å². The van der Waals surface area contributed by atoms with Crippen LogP contribution in [-0.4, -0.2) is 35.7 Å². The number of hydrogen-bond donors (Lipinski definition) is 0. The Bertz CT molecular complexity index is 832. The molecule has 25 heavy (non-hydrogen) atoms. The van der Waals surface area contributed by atoms with E-state index in [9.17, 15) is 14.9 Å². The number of pyridine rings is 1. The third kappa shape index (κ3) is 4.36. The molecule has 8 nitrogen and oxygen atoms in total. The summed E-state index contributed by atoms with van der Waals surface area (Å²) >= 11 is 0. The predicted molar refractivity (Wildman–Crippen MR) is 93.1 cm³/mol. The summed E-state index contributed by atoms with van der Waals surface area (Å²) in [5, 5.41) is 10.9. The molecule has 2 aromatic rings. The molecule has 134 valence electrons. The Morgan fingerprint density at radius 1 is 1.20 bits per heavy atom. The van der Waals surface area contributed by atoms with Gasteiger partial charge >= 0.3 is 0 Å². The molecule has 2 rings (SSSR count). The van der Waals surface area contributed by atoms with Crippen molar-refractivity contribution in [2.75, 3.05) is 21.3 Å². The van der Waals surface area contributed by atoms with Gasteiger partial charge in [0.15, 0.2) is 11.5 Å². The normalized spacial score (nSPS) is 10.8. The number of aromatic nitrogens is 1. The molecule has 0 bridgehead atoms. The van der Waals surface area contributed by atoms with Crippen LogP contribution in [0.1, 0.15) is 11.1 Å². The number of methoxy groups -OCH3 is 2. The lowest BCUT2D eigenvalue weighted by Gasteiger charge is -2.20. The molecule has 0 atom stereocenters. The highest BCUT2D eigenvalue weighted by molar-refractivity contribution is 5.47. The van der Waals surface area contributed by atoms with Crippen LogP contribution >= 0.6 is 0 Å². The van der Waals surface area contributed by atoms with Gasteiger partial charge in [0, 0.05) is 18.7 Å². The largest absolute Gasteiger partial charge is 0.493 e. The van der Waals surface area contributed by atoms with E-state index in [1.165, 1.54) is 22.9 Å². The van der Waals surface area contributed by atoms with Crippen LogP contribution in [0.15, 0.2) is 35.3 Å². The molecule has 8 heteroatoms. The Morgan fingerprint density at radius 3 is 2.44 bits per heavy atom. The minimum absolute atomic E-state index is 0.115. The van der Waals surface area contributed by atoms with Gasteiger partial charge in [0.2, 0.25) is 0 Å². The third-order valence-corrected chi connectivity index (χ3v) is 3.85. The Labute approximate surface area is 145 Å². The zero-order chi connectivity index (χ0) is 18.6. The second-order valence-corrected chi connectivity index (χ2v) is 5.74. The highest BCUT2D eigenvalue weighted by Crippen LogP contribution is 2.30. The number of ether oxygens (including phenoxy) is 2. The molecule has 0 aliphatic heterocycles. The van der Waals surface area contributed by atoms with E-state index in [1.807, 2.05) is 31.0 Å². The van der Waals surface area contributed by atoms with Gasteiger partial charge < -0.3 is 9.47 Å². The van der Waals surface area contributed by atoms with Crippen LogP contribution in [-0.2, 0) is 13.2 Å². The van der Waals surface area contributed by atoms with Gasteiger partial charge in [-0.25, -0.2) is 0 Å². The molecule has 0 amide bonds. The van der Waals surface area contributed by atoms with E-state index in [-0.39, 0.29) is 17.9 Å². The molecule has 0 fully saturated rings. The molecule has 0 saturated carbocycles. The lowest BCUT2D eigenvalue weighted by atomic mass is 10.1. The van der Waals surface area contributed by atoms with Crippen LogP contribution in [0.25, 0.3) is 0 Å². The van der Waals surface area contributed by atoms with Crippen LogP contribution < -0.4 is 15.0 Å². The van der Waals surface area contributed by atoms with E-state index in [1.54, 1.807) is 14.2 Å². The summed E-state index contributed by atoms with van der Waals surface area (Å²) in [5.74, 6) is 1.28. The second kappa shape index (κ2) is 7.80. The van der Waals surface area contributed by atoms with Crippen molar-refractivity contribution in [3.8, 4) is 11.5 Å². The lowest BCUT2D eigenvalue weighted by molar-refractivity contribution is -0.385. The monoisotopic (exact) mass is 347 g/mol. The first-order chi connectivity index (χ1) is 11.8. The topological polar surface area (TPSA) is 86.8 Å². The molecule has 0 saturated heterocycles. The van der Waals surface area contributed by atoms with E-state index in [0.29, 0.717) is 18.0 Å². The number of benzene rings is 1. The van der Waals surface area contributed by atoms with Gasteiger partial charge in [-0.1, -0.05) is 0 Å². The summed E-state index contributed by atoms with van der Waals surface area (Å²) < 4.78 is 11.9. The first-order valence-corrected chi connectivity index (χ1v) is 7.60. The standard InChI is InChI=1S/C17H21N3O5/c1-12-7-15(24-3)16(25-4)8-13(12)9-18(2)11-19-10-14(20(22)23)5-6-17(19)21/h5-8,10H,9,11H2,1-4H3. The molecule has 0 unspecified atom stereocenters. The quantitative estimate of drug-likeness (QED) is 0.563. The Kier molecular flexibility index (Phi) is 5.76. The fourth-order valence-corrected chi connectivity index (χ4v) is 2.53. The van der Waals surface area contributed by atoms with Crippen molar-refractivity contribution in [1.82, 2.24) is 9.47 Å². The zero-order valence-corrected chi connectivity index (χ0v) is 14.7. The van der Waals surface area contributed by atoms with Crippen molar-refractivity contribution >= 4 is 5.69 Å². The van der Waals surface area contributed by atoms with Gasteiger partial charge in [-0.3, -0.25) is 24.4 Å². The van der Waals surface area contributed by atoms with Crippen LogP contribution in [0.2, 0.25) is 0 Å². The van der Waals surface area contributed by atoms with Crippen LogP contribution in [0.5, 0.6) is 11.5 Å². The number of nitrogens with zero attached hydrogens (tertiary/aromatic N) is 3. The maximum absolute atomic E-state index is 11.9. The number of hydrogen-bond acceptors (Lipinski definition) is 6. The van der Waals surface area contributed by atoms with Crippen LogP contribution in [0.4, 0.5) is 5.69 Å². The third-order valence-electron chi connectivity index (χ3n) is 3.85. The van der Waals surface area contributed by atoms with Crippen molar-refractivity contribution in [2.24, 2.45) is 0 Å². The SMILES string of the molecule is COc1cc(C)c(CN(C)Cn2cc([N+](=O)[O-])ccc2=O)cc1OC. The van der Waals surface area contributed by atoms with Crippen molar-refractivity contribution in [3.05, 3.63) is 62.1 Å². The number of nitro groups is 1. The molecule has 1 aromatic heterocycles. The van der Waals surface area contributed by atoms with E-state index >= 15 is 0 Å². The lowest BCUT2D eigenvalue weighted by Crippen LogP contribution is -2.29. The molecule has 1 heterocycles. The molecule has 0 aliphatic carbocycles. The van der Waals surface area contributed by atoms with E-state index in [0.717, 1.165) is 11.1 Å². The molecule has 0 N–H and O–H groups in total. The first kappa shape index (κ1) is 18.5. The fourth-order valence-electron chi connectivity index (χ4n) is 2.53. The average molecular weight is 347 g/mol. The molecule has 0 aliphatic rings. The molecule has 0 radical (unpaired) electrons. The average Bonchev–Trinajstić information content (AvgIpc) is 2.57. The van der Waals surface area contributed by atoms with Crippen molar-refractivity contribution in [2.45, 2.75) is 20.1 Å². The van der Waals surface area contributed by atoms with Gasteiger partial charge in [-0.15, -0.1) is 0 Å². The maximum Gasteiger partial charge on any atom is 0.285 e. The van der Waals surface area contributed by atoms with Crippen LogP contribution in [0, 0.1) is 17.0 Å². The summed E-state index contributed by atoms with van der Waals surface area (Å²) in [7, 11) is 4.99. The molecular formula is C17H21N3O5. The van der Waals surface area contributed by atoms with Gasteiger partial charge in [-0.05, 0) is 37.2 Å². The van der Waals surface area contributed by atoms with Crippen molar-refractivity contribution in [3.63, 3.8) is 0 Å². The smallest absolute Gasteiger partial charge is 0.285 e. The summed E-state index contributed by atoms with van der Waals surface area (Å²) in [6.45, 7) is 2.74. The van der Waals surface area contributed by atoms with Gasteiger partial charge in [0.25, 0.3) is 11.2 Å². The van der Waals surface area contributed by atoms with E-state index in [4.69, 9.17) is 9.47 Å². The predicted octanol–water partition coefficient (Wildman–Crippen LogP) is 2.17. The minimum atomic E-state index is -0.519. The molecule has 1 aromatic carbocycles. The first-order valence-electron chi connectivity index (χ1n) is 7.60. The Morgan fingerprint density at radius 2 is 1.84 bits per heavy atom. The Hall–Kier alpha value is -2.87. The molecular weight excluding hydrogens is 326 g/mol. The summed E-state index contributed by atoms with van der Waals surface area (Å²) in [6.07, 6.45) is 1.25. The number of aryl methyl sites for hydroxylation is 1. The maximum atomic E-state index is 11.9. The van der Waals surface area contributed by atoms with Crippen molar-refractivity contribution < 1.29 is 14.4 Å². The van der Waals surface area contributed by atoms with E-state index in [2.05, 4.69) is 0 Å². The van der Waals surface area contributed by atoms with Gasteiger partial charge in [0.05, 0.1) is 32.0 Å². The van der Waals surface area contributed by atoms with Gasteiger partial charge in [0.1, 0.15) is 0 Å². The highest BCUT2D eigenvalue weighted by Gasteiger charge is 2.12. The zero-order valence-electron chi connectivity index (χ0n) is 14.7. The number of rotatable bonds is 7. The summed E-state index contributed by atoms with van der Waals surface area (Å²) in [5.41, 5.74) is 1.63. The summed E-state index contributed by atoms with van der Waals surface area (Å²) in [4.78, 5) is 24.1. The fraction of sp³-hybridized carbons (Fsp3) is 0.353.